The van der Waals surface area contributed by atoms with E-state index in [1.54, 1.807) is 0 Å². The summed E-state index contributed by atoms with van der Waals surface area (Å²) < 4.78 is 30.0. The maximum atomic E-state index is 12.0. The van der Waals surface area contributed by atoms with Crippen LogP contribution in [0.4, 0.5) is 0 Å². The number of aliphatic hydroxyl groups is 1. The second-order valence-electron chi connectivity index (χ2n) is 8.18. The number of benzene rings is 2. The molecule has 0 amide bonds. The molecule has 2 aromatic carbocycles. The second kappa shape index (κ2) is 9.31. The van der Waals surface area contributed by atoms with Crippen molar-refractivity contribution in [1.29, 1.82) is 0 Å². The molecule has 3 aromatic rings. The van der Waals surface area contributed by atoms with Crippen molar-refractivity contribution in [2.24, 2.45) is 5.92 Å². The van der Waals surface area contributed by atoms with Crippen LogP contribution in [0.1, 0.15) is 25.0 Å². The van der Waals surface area contributed by atoms with Gasteiger partial charge >= 0.3 is 0 Å². The lowest BCUT2D eigenvalue weighted by molar-refractivity contribution is 0.282. The first kappa shape index (κ1) is 22.5. The van der Waals surface area contributed by atoms with E-state index in [1.807, 2.05) is 24.3 Å². The third kappa shape index (κ3) is 4.92. The predicted molar refractivity (Wildman–Crippen MR) is 122 cm³/mol. The summed E-state index contributed by atoms with van der Waals surface area (Å²) in [6.07, 6.45) is 2.75. The Morgan fingerprint density at radius 1 is 1.10 bits per heavy atom. The van der Waals surface area contributed by atoms with Crippen LogP contribution < -0.4 is 4.72 Å². The standard InChI is InChI=1S/C23H31N3O3S/c1-17(2)14-26-15-19(11-12-24-30(28,29)25(3)4)22-10-9-18(13-23(22)26)21-8-6-5-7-20(21)16-27/h5-10,13,15,17,24,27H,11-12,14,16H2,1-4H3. The van der Waals surface area contributed by atoms with Crippen molar-refractivity contribution in [3.63, 3.8) is 0 Å². The first-order chi connectivity index (χ1) is 14.2. The maximum Gasteiger partial charge on any atom is 0.278 e. The van der Waals surface area contributed by atoms with Crippen LogP contribution >= 0.6 is 0 Å². The molecule has 7 heteroatoms. The van der Waals surface area contributed by atoms with Crippen molar-refractivity contribution in [1.82, 2.24) is 13.6 Å². The van der Waals surface area contributed by atoms with Gasteiger partial charge in [0, 0.05) is 44.3 Å². The van der Waals surface area contributed by atoms with Crippen LogP contribution in [0.5, 0.6) is 0 Å². The highest BCUT2D eigenvalue weighted by molar-refractivity contribution is 7.87. The van der Waals surface area contributed by atoms with Crippen molar-refractivity contribution in [3.05, 3.63) is 59.8 Å². The van der Waals surface area contributed by atoms with Gasteiger partial charge in [-0.3, -0.25) is 0 Å². The third-order valence-electron chi connectivity index (χ3n) is 5.18. The zero-order chi connectivity index (χ0) is 21.9. The molecule has 2 N–H and O–H groups in total. The summed E-state index contributed by atoms with van der Waals surface area (Å²) in [5.74, 6) is 0.481. The van der Waals surface area contributed by atoms with Crippen LogP contribution in [-0.4, -0.2) is 43.0 Å². The number of hydrogen-bond acceptors (Lipinski definition) is 3. The number of aliphatic hydroxyl groups excluding tert-OH is 1. The van der Waals surface area contributed by atoms with Crippen molar-refractivity contribution in [2.75, 3.05) is 20.6 Å². The smallest absolute Gasteiger partial charge is 0.278 e. The van der Waals surface area contributed by atoms with Gasteiger partial charge in [0.1, 0.15) is 0 Å². The Kier molecular flexibility index (Phi) is 6.98. The zero-order valence-corrected chi connectivity index (χ0v) is 18.9. The Hall–Kier alpha value is -2.19. The van der Waals surface area contributed by atoms with E-state index in [0.29, 0.717) is 18.9 Å². The van der Waals surface area contributed by atoms with E-state index in [2.05, 4.69) is 47.5 Å². The molecule has 0 unspecified atom stereocenters. The lowest BCUT2D eigenvalue weighted by Crippen LogP contribution is -2.36. The van der Waals surface area contributed by atoms with Crippen LogP contribution in [-0.2, 0) is 29.8 Å². The quantitative estimate of drug-likeness (QED) is 0.547. The average Bonchev–Trinajstić information content (AvgIpc) is 3.03. The SMILES string of the molecule is CC(C)Cn1cc(CCNS(=O)(=O)N(C)C)c2ccc(-c3ccccc3CO)cc21. The van der Waals surface area contributed by atoms with Crippen LogP contribution in [0.15, 0.2) is 48.7 Å². The number of rotatable bonds is 9. The van der Waals surface area contributed by atoms with E-state index in [9.17, 15) is 13.5 Å². The van der Waals surface area contributed by atoms with Gasteiger partial charge in [0.25, 0.3) is 10.2 Å². The van der Waals surface area contributed by atoms with E-state index in [4.69, 9.17) is 0 Å². The van der Waals surface area contributed by atoms with Gasteiger partial charge in [0.15, 0.2) is 0 Å². The minimum Gasteiger partial charge on any atom is -0.392 e. The van der Waals surface area contributed by atoms with E-state index in [0.717, 1.165) is 39.7 Å². The van der Waals surface area contributed by atoms with Crippen LogP contribution in [0, 0.1) is 5.92 Å². The fourth-order valence-corrected chi connectivity index (χ4v) is 4.28. The highest BCUT2D eigenvalue weighted by Crippen LogP contribution is 2.30. The molecule has 30 heavy (non-hydrogen) atoms. The van der Waals surface area contributed by atoms with Crippen molar-refractivity contribution < 1.29 is 13.5 Å². The largest absolute Gasteiger partial charge is 0.392 e. The minimum absolute atomic E-state index is 0.00150. The van der Waals surface area contributed by atoms with Gasteiger partial charge in [-0.1, -0.05) is 50.2 Å². The highest BCUT2D eigenvalue weighted by atomic mass is 32.2. The third-order valence-corrected chi connectivity index (χ3v) is 6.72. The normalized spacial score (nSPS) is 12.4. The summed E-state index contributed by atoms with van der Waals surface area (Å²) in [7, 11) is -0.398. The van der Waals surface area contributed by atoms with Gasteiger partial charge in [-0.25, -0.2) is 4.72 Å². The van der Waals surface area contributed by atoms with Gasteiger partial charge in [-0.2, -0.15) is 12.7 Å². The number of nitrogens with one attached hydrogen (secondary N) is 1. The van der Waals surface area contributed by atoms with E-state index < -0.39 is 10.2 Å². The number of hydrogen-bond donors (Lipinski definition) is 2. The molecule has 3 rings (SSSR count). The second-order valence-corrected chi connectivity index (χ2v) is 10.1. The summed E-state index contributed by atoms with van der Waals surface area (Å²) in [5.41, 5.74) is 5.24. The van der Waals surface area contributed by atoms with Crippen molar-refractivity contribution in [3.8, 4) is 11.1 Å². The van der Waals surface area contributed by atoms with Gasteiger partial charge in [-0.15, -0.1) is 0 Å². The lowest BCUT2D eigenvalue weighted by Gasteiger charge is -2.12. The Morgan fingerprint density at radius 2 is 1.83 bits per heavy atom. The molecule has 0 spiro atoms. The Morgan fingerprint density at radius 3 is 2.50 bits per heavy atom. The molecule has 0 aliphatic rings. The first-order valence-electron chi connectivity index (χ1n) is 10.2. The Balaban J connectivity index is 1.97. The molecule has 0 radical (unpaired) electrons. The summed E-state index contributed by atoms with van der Waals surface area (Å²) in [6.45, 7) is 5.59. The molecular formula is C23H31N3O3S. The molecule has 0 aliphatic heterocycles. The van der Waals surface area contributed by atoms with Crippen molar-refractivity contribution in [2.45, 2.75) is 33.4 Å². The summed E-state index contributed by atoms with van der Waals surface area (Å²) in [5, 5.41) is 10.8. The van der Waals surface area contributed by atoms with Gasteiger partial charge in [-0.05, 0) is 40.7 Å². The molecule has 6 nitrogen and oxygen atoms in total. The highest BCUT2D eigenvalue weighted by Gasteiger charge is 2.15. The van der Waals surface area contributed by atoms with Gasteiger partial charge in [0.2, 0.25) is 0 Å². The average molecular weight is 430 g/mol. The number of aromatic nitrogens is 1. The molecule has 1 aromatic heterocycles. The monoisotopic (exact) mass is 429 g/mol. The molecule has 0 saturated carbocycles. The van der Waals surface area contributed by atoms with Crippen LogP contribution in [0.2, 0.25) is 0 Å². The first-order valence-corrected chi connectivity index (χ1v) is 11.6. The molecule has 0 aliphatic carbocycles. The zero-order valence-electron chi connectivity index (χ0n) is 18.1. The molecule has 0 fully saturated rings. The predicted octanol–water partition coefficient (Wildman–Crippen LogP) is 3.40. The molecular weight excluding hydrogens is 398 g/mol. The summed E-state index contributed by atoms with van der Waals surface area (Å²) >= 11 is 0. The van der Waals surface area contributed by atoms with Gasteiger partial charge in [0.05, 0.1) is 6.61 Å². The van der Waals surface area contributed by atoms with Gasteiger partial charge < -0.3 is 9.67 Å². The molecule has 0 saturated heterocycles. The summed E-state index contributed by atoms with van der Waals surface area (Å²) in [4.78, 5) is 0. The lowest BCUT2D eigenvalue weighted by atomic mass is 9.98. The van der Waals surface area contributed by atoms with E-state index in [-0.39, 0.29) is 6.61 Å². The van der Waals surface area contributed by atoms with E-state index >= 15 is 0 Å². The fraction of sp³-hybridized carbons (Fsp3) is 0.391. The molecule has 0 atom stereocenters. The summed E-state index contributed by atoms with van der Waals surface area (Å²) in [6, 6.07) is 14.2. The van der Waals surface area contributed by atoms with E-state index in [1.165, 1.54) is 18.4 Å². The van der Waals surface area contributed by atoms with Crippen LogP contribution in [0.25, 0.3) is 22.0 Å². The minimum atomic E-state index is -3.43. The maximum absolute atomic E-state index is 12.0. The molecule has 162 valence electrons. The van der Waals surface area contributed by atoms with Crippen molar-refractivity contribution >= 4 is 21.1 Å². The Labute approximate surface area is 179 Å². The number of nitrogens with zero attached hydrogens (tertiary/aromatic N) is 2. The van der Waals surface area contributed by atoms with Crippen LogP contribution in [0.3, 0.4) is 0 Å². The topological polar surface area (TPSA) is 74.6 Å². The Bertz CT molecular complexity index is 1120. The molecule has 1 heterocycles. The fourth-order valence-electron chi connectivity index (χ4n) is 3.66. The molecule has 0 bridgehead atoms. The number of fused-ring (bicyclic) bond motifs is 1.